The van der Waals surface area contributed by atoms with Crippen molar-refractivity contribution in [3.8, 4) is 11.5 Å². The summed E-state index contributed by atoms with van der Waals surface area (Å²) >= 11 is 5.93. The first kappa shape index (κ1) is 45.4. The maximum absolute atomic E-state index is 13.6. The molecule has 0 spiro atoms. The molecular formula is C47H54ClN5O9. The van der Waals surface area contributed by atoms with Gasteiger partial charge in [0.1, 0.15) is 23.6 Å². The summed E-state index contributed by atoms with van der Waals surface area (Å²) in [5.41, 5.74) is 1.78. The van der Waals surface area contributed by atoms with Crippen molar-refractivity contribution in [3.63, 3.8) is 0 Å². The first-order valence-corrected chi connectivity index (χ1v) is 21.6. The van der Waals surface area contributed by atoms with E-state index in [0.717, 1.165) is 35.6 Å². The Hall–Kier alpha value is -6.15. The molecule has 0 bridgehead atoms. The minimum atomic E-state index is -1.33. The van der Waals surface area contributed by atoms with Gasteiger partial charge in [0.15, 0.2) is 6.61 Å². The second kappa shape index (κ2) is 21.6. The summed E-state index contributed by atoms with van der Waals surface area (Å²) in [7, 11) is 0. The van der Waals surface area contributed by atoms with Crippen LogP contribution in [0.4, 0.5) is 4.79 Å². The van der Waals surface area contributed by atoms with E-state index in [9.17, 15) is 33.9 Å². The second-order valence-electron chi connectivity index (χ2n) is 16.3. The van der Waals surface area contributed by atoms with Gasteiger partial charge in [-0.3, -0.25) is 19.2 Å². The van der Waals surface area contributed by atoms with Crippen molar-refractivity contribution in [2.24, 2.45) is 5.92 Å². The van der Waals surface area contributed by atoms with Crippen LogP contribution in [0.25, 0.3) is 10.8 Å². The van der Waals surface area contributed by atoms with Gasteiger partial charge >= 0.3 is 12.1 Å². The molecule has 4 aromatic rings. The van der Waals surface area contributed by atoms with Gasteiger partial charge in [-0.15, -0.1) is 0 Å². The Morgan fingerprint density at radius 1 is 0.758 bits per heavy atom. The van der Waals surface area contributed by atoms with E-state index in [1.807, 2.05) is 50.2 Å². The largest absolute Gasteiger partial charge is 0.483 e. The van der Waals surface area contributed by atoms with Gasteiger partial charge in [-0.2, -0.15) is 0 Å². The molecule has 0 aliphatic carbocycles. The Labute approximate surface area is 366 Å². The van der Waals surface area contributed by atoms with E-state index in [-0.39, 0.29) is 54.5 Å². The Morgan fingerprint density at radius 3 is 2.05 bits per heavy atom. The average molecular weight is 868 g/mol. The van der Waals surface area contributed by atoms with E-state index < -0.39 is 42.6 Å². The number of nitrogens with one attached hydrogen (secondary N) is 3. The number of rotatable bonds is 16. The molecule has 4 N–H and O–H groups in total. The number of carbonyl (C=O) groups excluding carboxylic acids is 5. The van der Waals surface area contributed by atoms with Gasteiger partial charge in [0.05, 0.1) is 12.0 Å². The number of hydrogen-bond acceptors (Lipinski definition) is 8. The van der Waals surface area contributed by atoms with Gasteiger partial charge in [-0.05, 0) is 103 Å². The number of ether oxygens (including phenoxy) is 2. The molecule has 2 aliphatic heterocycles. The highest BCUT2D eigenvalue weighted by Crippen LogP contribution is 2.29. The highest BCUT2D eigenvalue weighted by molar-refractivity contribution is 6.30. The van der Waals surface area contributed by atoms with Crippen LogP contribution in [0.5, 0.6) is 11.5 Å². The smallest absolute Gasteiger partial charge is 0.415 e. The van der Waals surface area contributed by atoms with Crippen LogP contribution in [0, 0.1) is 5.92 Å². The maximum atomic E-state index is 13.6. The highest BCUT2D eigenvalue weighted by Gasteiger charge is 2.29. The Kier molecular flexibility index (Phi) is 15.8. The fraction of sp³-hybridized carbons (Fsp3) is 0.404. The predicted octanol–water partition coefficient (Wildman–Crippen LogP) is 6.16. The molecule has 6 rings (SSSR count). The van der Waals surface area contributed by atoms with Crippen LogP contribution in [-0.4, -0.2) is 102 Å². The van der Waals surface area contributed by atoms with Crippen molar-refractivity contribution in [2.45, 2.75) is 83.3 Å². The van der Waals surface area contributed by atoms with Crippen LogP contribution < -0.4 is 25.4 Å². The molecule has 0 saturated carbocycles. The van der Waals surface area contributed by atoms with E-state index in [1.165, 1.54) is 0 Å². The number of likely N-dealkylation sites (tertiary alicyclic amines) is 2. The van der Waals surface area contributed by atoms with Gasteiger partial charge in [0.2, 0.25) is 11.8 Å². The van der Waals surface area contributed by atoms with Crippen LogP contribution in [0.15, 0.2) is 84.9 Å². The standard InChI is InChI=1S/C47H54ClN5O9/c1-30(2)24-39(50-43(55)29-61-41-28-34-9-5-4-8-33(34)27-38(41)45(57)52-20-6-3-7-21-52)44(56)51-40(46(58)59)25-31-12-16-37(17-13-31)62-47(60)53-22-18-36(19-23-53)49-42(54)26-32-10-14-35(48)15-11-32/h4-5,8-17,27-28,30,36,39-40H,3,6-7,18-26,29H2,1-2H3,(H,49,54)(H,50,55)(H,51,56)(H,58,59)/t39-,40-/m0/s1. The zero-order chi connectivity index (χ0) is 44.2. The number of halogens is 1. The fourth-order valence-electron chi connectivity index (χ4n) is 7.70. The highest BCUT2D eigenvalue weighted by atomic mass is 35.5. The summed E-state index contributed by atoms with van der Waals surface area (Å²) in [6, 6.07) is 22.1. The molecule has 62 heavy (non-hydrogen) atoms. The van der Waals surface area contributed by atoms with E-state index in [2.05, 4.69) is 16.0 Å². The molecule has 4 aromatic carbocycles. The molecule has 2 heterocycles. The minimum absolute atomic E-state index is 0.0299. The van der Waals surface area contributed by atoms with E-state index in [4.69, 9.17) is 21.1 Å². The number of piperidine rings is 2. The molecule has 2 saturated heterocycles. The lowest BCUT2D eigenvalue weighted by Crippen LogP contribution is -2.53. The summed E-state index contributed by atoms with van der Waals surface area (Å²) < 4.78 is 11.6. The number of hydrogen-bond donors (Lipinski definition) is 4. The quantitative estimate of drug-likeness (QED) is 0.102. The molecule has 328 valence electrons. The lowest BCUT2D eigenvalue weighted by atomic mass is 10.0. The van der Waals surface area contributed by atoms with Gasteiger partial charge in [-0.25, -0.2) is 9.59 Å². The predicted molar refractivity (Wildman–Crippen MR) is 234 cm³/mol. The minimum Gasteiger partial charge on any atom is -0.483 e. The summed E-state index contributed by atoms with van der Waals surface area (Å²) in [4.78, 5) is 81.7. The number of fused-ring (bicyclic) bond motifs is 1. The van der Waals surface area contributed by atoms with Crippen molar-refractivity contribution in [1.29, 1.82) is 0 Å². The number of carboxylic acids is 1. The van der Waals surface area contributed by atoms with E-state index in [1.54, 1.807) is 58.3 Å². The van der Waals surface area contributed by atoms with Gasteiger partial charge in [0, 0.05) is 43.7 Å². The van der Waals surface area contributed by atoms with Crippen molar-refractivity contribution < 1.29 is 43.3 Å². The number of carboxylic acid groups (broad SMARTS) is 1. The number of nitrogens with zero attached hydrogens (tertiary/aromatic N) is 2. The van der Waals surface area contributed by atoms with Crippen LogP contribution >= 0.6 is 11.6 Å². The van der Waals surface area contributed by atoms with Crippen LogP contribution in [-0.2, 0) is 32.0 Å². The third kappa shape index (κ3) is 12.9. The zero-order valence-corrected chi connectivity index (χ0v) is 35.8. The lowest BCUT2D eigenvalue weighted by Gasteiger charge is -2.31. The lowest BCUT2D eigenvalue weighted by molar-refractivity contribution is -0.142. The first-order valence-electron chi connectivity index (χ1n) is 21.2. The van der Waals surface area contributed by atoms with E-state index >= 15 is 0 Å². The molecule has 0 unspecified atom stereocenters. The van der Waals surface area contributed by atoms with Gasteiger partial charge in [-0.1, -0.05) is 74.0 Å². The van der Waals surface area contributed by atoms with Crippen molar-refractivity contribution >= 4 is 58.1 Å². The molecule has 15 heteroatoms. The summed E-state index contributed by atoms with van der Waals surface area (Å²) in [5, 5.41) is 20.7. The number of aliphatic carboxylic acids is 1. The molecular weight excluding hydrogens is 814 g/mol. The third-order valence-corrected chi connectivity index (χ3v) is 11.3. The molecule has 14 nitrogen and oxygen atoms in total. The SMILES string of the molecule is CC(C)C[C@H](NC(=O)COc1cc2ccccc2cc1C(=O)N1CCCCC1)C(=O)N[C@@H](Cc1ccc(OC(=O)N2CCC(NC(=O)Cc3ccc(Cl)cc3)CC2)cc1)C(=O)O. The summed E-state index contributed by atoms with van der Waals surface area (Å²) in [5.74, 6) is -2.30. The van der Waals surface area contributed by atoms with Crippen molar-refractivity contribution in [2.75, 3.05) is 32.8 Å². The summed E-state index contributed by atoms with van der Waals surface area (Å²) in [6.07, 6.45) is 3.91. The number of amides is 5. The van der Waals surface area contributed by atoms with Crippen LogP contribution in [0.3, 0.4) is 0 Å². The van der Waals surface area contributed by atoms with E-state index in [0.29, 0.717) is 55.2 Å². The molecule has 2 atom stereocenters. The first-order chi connectivity index (χ1) is 29.8. The Bertz CT molecular complexity index is 2220. The van der Waals surface area contributed by atoms with Crippen LogP contribution in [0.2, 0.25) is 5.02 Å². The molecule has 0 aromatic heterocycles. The molecule has 2 aliphatic rings. The second-order valence-corrected chi connectivity index (χ2v) is 16.8. The molecule has 2 fully saturated rings. The third-order valence-electron chi connectivity index (χ3n) is 11.0. The van der Waals surface area contributed by atoms with Crippen LogP contribution in [0.1, 0.15) is 73.9 Å². The molecule has 0 radical (unpaired) electrons. The van der Waals surface area contributed by atoms with Gasteiger partial charge < -0.3 is 40.3 Å². The normalized spacial score (nSPS) is 15.4. The number of benzene rings is 4. The number of carbonyl (C=O) groups is 6. The topological polar surface area (TPSA) is 184 Å². The average Bonchev–Trinajstić information content (AvgIpc) is 3.26. The Balaban J connectivity index is 0.992. The Morgan fingerprint density at radius 2 is 1.40 bits per heavy atom. The fourth-order valence-corrected chi connectivity index (χ4v) is 7.82. The zero-order valence-electron chi connectivity index (χ0n) is 35.1. The molecule has 5 amide bonds. The van der Waals surface area contributed by atoms with Crippen molar-refractivity contribution in [3.05, 3.63) is 107 Å². The summed E-state index contributed by atoms with van der Waals surface area (Å²) in [6.45, 7) is 5.39. The van der Waals surface area contributed by atoms with Gasteiger partial charge in [0.25, 0.3) is 11.8 Å². The van der Waals surface area contributed by atoms with Crippen molar-refractivity contribution in [1.82, 2.24) is 25.8 Å². The monoisotopic (exact) mass is 867 g/mol. The maximum Gasteiger partial charge on any atom is 0.415 e.